The van der Waals surface area contributed by atoms with E-state index in [1.165, 1.54) is 22.3 Å². The second-order valence-electron chi connectivity index (χ2n) is 4.43. The first-order valence-electron chi connectivity index (χ1n) is 5.66. The van der Waals surface area contributed by atoms with Gasteiger partial charge in [-0.2, -0.15) is 0 Å². The fourth-order valence-corrected chi connectivity index (χ4v) is 1.92. The molecule has 0 heterocycles. The van der Waals surface area contributed by atoms with E-state index in [0.29, 0.717) is 6.54 Å². The molecule has 1 amide bonds. The van der Waals surface area contributed by atoms with Gasteiger partial charge in [-0.1, -0.05) is 17.7 Å². The van der Waals surface area contributed by atoms with E-state index in [2.05, 4.69) is 38.2 Å². The molecule has 0 aliphatic heterocycles. The first-order valence-corrected chi connectivity index (χ1v) is 5.66. The first kappa shape index (κ1) is 13.7. The smallest absolute Gasteiger partial charge is 0.247 e. The van der Waals surface area contributed by atoms with Crippen molar-refractivity contribution in [2.75, 3.05) is 6.54 Å². The summed E-state index contributed by atoms with van der Waals surface area (Å²) in [5, 5.41) is 12.3. The zero-order valence-corrected chi connectivity index (χ0v) is 10.6. The normalized spacial score (nSPS) is 12.5. The molecule has 0 spiro atoms. The summed E-state index contributed by atoms with van der Waals surface area (Å²) >= 11 is 0. The van der Waals surface area contributed by atoms with Gasteiger partial charge in [-0.15, -0.1) is 0 Å². The van der Waals surface area contributed by atoms with Crippen molar-refractivity contribution in [3.05, 3.63) is 34.4 Å². The van der Waals surface area contributed by atoms with Crippen LogP contribution in [-0.4, -0.2) is 23.7 Å². The van der Waals surface area contributed by atoms with E-state index in [1.807, 2.05) is 0 Å². The Bertz CT molecular complexity index is 393. The standard InChI is InChI=1S/C13H20N2O2/c1-8-4-9(2)11(10(3)5-8)6-15-7-12(16)13(14)17/h4-5,12,15-16H,6-7H2,1-3H3,(H2,14,17). The fourth-order valence-electron chi connectivity index (χ4n) is 1.92. The predicted octanol–water partition coefficient (Wildman–Crippen LogP) is 0.548. The van der Waals surface area contributed by atoms with E-state index in [0.717, 1.165) is 0 Å². The monoisotopic (exact) mass is 236 g/mol. The van der Waals surface area contributed by atoms with E-state index in [9.17, 15) is 9.90 Å². The highest BCUT2D eigenvalue weighted by atomic mass is 16.3. The Kier molecular flexibility index (Phi) is 4.66. The van der Waals surface area contributed by atoms with Crippen molar-refractivity contribution in [3.8, 4) is 0 Å². The first-order chi connectivity index (χ1) is 7.91. The summed E-state index contributed by atoms with van der Waals surface area (Å²) in [6, 6.07) is 4.24. The number of hydrogen-bond acceptors (Lipinski definition) is 3. The Morgan fingerprint density at radius 2 is 1.88 bits per heavy atom. The quantitative estimate of drug-likeness (QED) is 0.698. The van der Waals surface area contributed by atoms with Gasteiger partial charge in [-0.25, -0.2) is 0 Å². The molecule has 1 atom stereocenters. The molecule has 0 saturated carbocycles. The van der Waals surface area contributed by atoms with Crippen molar-refractivity contribution >= 4 is 5.91 Å². The average Bonchev–Trinajstić information content (AvgIpc) is 2.21. The molecule has 4 heteroatoms. The van der Waals surface area contributed by atoms with Crippen LogP contribution in [0.5, 0.6) is 0 Å². The van der Waals surface area contributed by atoms with Gasteiger partial charge in [0.1, 0.15) is 6.10 Å². The van der Waals surface area contributed by atoms with Gasteiger partial charge >= 0.3 is 0 Å². The minimum Gasteiger partial charge on any atom is -0.382 e. The summed E-state index contributed by atoms with van der Waals surface area (Å²) < 4.78 is 0. The van der Waals surface area contributed by atoms with Crippen LogP contribution in [0.2, 0.25) is 0 Å². The van der Waals surface area contributed by atoms with Crippen LogP contribution in [0.1, 0.15) is 22.3 Å². The molecule has 4 N–H and O–H groups in total. The van der Waals surface area contributed by atoms with Crippen LogP contribution >= 0.6 is 0 Å². The summed E-state index contributed by atoms with van der Waals surface area (Å²) in [6.45, 7) is 6.99. The summed E-state index contributed by atoms with van der Waals surface area (Å²) in [5.41, 5.74) is 9.83. The molecule has 1 unspecified atom stereocenters. The number of benzene rings is 1. The van der Waals surface area contributed by atoms with Crippen molar-refractivity contribution < 1.29 is 9.90 Å². The molecule has 1 aromatic carbocycles. The highest BCUT2D eigenvalue weighted by Crippen LogP contribution is 2.15. The molecule has 17 heavy (non-hydrogen) atoms. The molecule has 1 rings (SSSR count). The lowest BCUT2D eigenvalue weighted by Gasteiger charge is -2.13. The number of amides is 1. The molecular weight excluding hydrogens is 216 g/mol. The van der Waals surface area contributed by atoms with Crippen LogP contribution in [0.15, 0.2) is 12.1 Å². The maximum absolute atomic E-state index is 10.7. The molecule has 1 aromatic rings. The van der Waals surface area contributed by atoms with Gasteiger partial charge in [0, 0.05) is 13.1 Å². The third kappa shape index (κ3) is 3.84. The number of nitrogens with one attached hydrogen (secondary N) is 1. The largest absolute Gasteiger partial charge is 0.382 e. The SMILES string of the molecule is Cc1cc(C)c(CNCC(O)C(N)=O)c(C)c1. The van der Waals surface area contributed by atoms with Crippen molar-refractivity contribution in [1.82, 2.24) is 5.32 Å². The summed E-state index contributed by atoms with van der Waals surface area (Å²) in [4.78, 5) is 10.7. The highest BCUT2D eigenvalue weighted by molar-refractivity contribution is 5.78. The molecule has 4 nitrogen and oxygen atoms in total. The number of aliphatic hydroxyl groups excluding tert-OH is 1. The van der Waals surface area contributed by atoms with E-state index < -0.39 is 12.0 Å². The summed E-state index contributed by atoms with van der Waals surface area (Å²) in [5.74, 6) is -0.699. The third-order valence-electron chi connectivity index (χ3n) is 2.81. The molecule has 0 aliphatic carbocycles. The second kappa shape index (κ2) is 5.80. The predicted molar refractivity (Wildman–Crippen MR) is 67.6 cm³/mol. The van der Waals surface area contributed by atoms with Gasteiger partial charge in [-0.3, -0.25) is 4.79 Å². The Morgan fingerprint density at radius 1 is 1.35 bits per heavy atom. The average molecular weight is 236 g/mol. The van der Waals surface area contributed by atoms with Gasteiger partial charge in [0.05, 0.1) is 0 Å². The van der Waals surface area contributed by atoms with Gasteiger partial charge in [0.2, 0.25) is 5.91 Å². The van der Waals surface area contributed by atoms with Crippen LogP contribution in [0.25, 0.3) is 0 Å². The molecular formula is C13H20N2O2. The fraction of sp³-hybridized carbons (Fsp3) is 0.462. The van der Waals surface area contributed by atoms with Crippen molar-refractivity contribution in [3.63, 3.8) is 0 Å². The molecule has 0 fully saturated rings. The number of primary amides is 1. The molecule has 0 saturated heterocycles. The number of aliphatic hydroxyl groups is 1. The van der Waals surface area contributed by atoms with Gasteiger partial charge in [-0.05, 0) is 37.5 Å². The highest BCUT2D eigenvalue weighted by Gasteiger charge is 2.10. The Hall–Kier alpha value is -1.39. The van der Waals surface area contributed by atoms with Crippen LogP contribution in [0.3, 0.4) is 0 Å². The Morgan fingerprint density at radius 3 is 2.35 bits per heavy atom. The van der Waals surface area contributed by atoms with Gasteiger partial charge in [0.25, 0.3) is 0 Å². The molecule has 0 radical (unpaired) electrons. The third-order valence-corrected chi connectivity index (χ3v) is 2.81. The summed E-state index contributed by atoms with van der Waals surface area (Å²) in [7, 11) is 0. The van der Waals surface area contributed by atoms with Crippen molar-refractivity contribution in [1.29, 1.82) is 0 Å². The minimum absolute atomic E-state index is 0.183. The van der Waals surface area contributed by atoms with Crippen LogP contribution in [-0.2, 0) is 11.3 Å². The number of aryl methyl sites for hydroxylation is 3. The van der Waals surface area contributed by atoms with E-state index in [1.54, 1.807) is 0 Å². The van der Waals surface area contributed by atoms with Crippen molar-refractivity contribution in [2.24, 2.45) is 5.73 Å². The zero-order valence-electron chi connectivity index (χ0n) is 10.6. The Balaban J connectivity index is 2.61. The van der Waals surface area contributed by atoms with E-state index in [4.69, 9.17) is 5.73 Å². The lowest BCUT2D eigenvalue weighted by Crippen LogP contribution is -2.37. The molecule has 0 aliphatic rings. The van der Waals surface area contributed by atoms with Crippen LogP contribution in [0, 0.1) is 20.8 Å². The van der Waals surface area contributed by atoms with Crippen LogP contribution in [0.4, 0.5) is 0 Å². The number of nitrogens with two attached hydrogens (primary N) is 1. The number of hydrogen-bond donors (Lipinski definition) is 3. The van der Waals surface area contributed by atoms with Crippen LogP contribution < -0.4 is 11.1 Å². The topological polar surface area (TPSA) is 75.3 Å². The number of carbonyl (C=O) groups excluding carboxylic acids is 1. The van der Waals surface area contributed by atoms with Gasteiger partial charge < -0.3 is 16.2 Å². The minimum atomic E-state index is -1.12. The second-order valence-corrected chi connectivity index (χ2v) is 4.43. The maximum Gasteiger partial charge on any atom is 0.247 e. The lowest BCUT2D eigenvalue weighted by atomic mass is 10.00. The maximum atomic E-state index is 10.7. The number of carbonyl (C=O) groups is 1. The molecule has 0 aromatic heterocycles. The molecule has 0 bridgehead atoms. The number of rotatable bonds is 5. The van der Waals surface area contributed by atoms with Crippen molar-refractivity contribution in [2.45, 2.75) is 33.4 Å². The Labute approximate surface area is 102 Å². The van der Waals surface area contributed by atoms with E-state index >= 15 is 0 Å². The van der Waals surface area contributed by atoms with E-state index in [-0.39, 0.29) is 6.54 Å². The zero-order chi connectivity index (χ0) is 13.0. The molecule has 94 valence electrons. The van der Waals surface area contributed by atoms with Gasteiger partial charge in [0.15, 0.2) is 0 Å². The lowest BCUT2D eigenvalue weighted by molar-refractivity contribution is -0.125. The summed E-state index contributed by atoms with van der Waals surface area (Å²) in [6.07, 6.45) is -1.12.